The van der Waals surface area contributed by atoms with Crippen molar-refractivity contribution in [3.05, 3.63) is 59.4 Å². The standard InChI is InChI=1S/C17H20FNS/c1-17(2,3)13-4-6-16(7-5-13)20-11-12-8-14(18)10-15(19)9-12/h4-10H,11,19H2,1-3H3. The predicted octanol–water partition coefficient (Wildman–Crippen LogP) is 5.00. The van der Waals surface area contributed by atoms with Crippen molar-refractivity contribution in [1.82, 2.24) is 0 Å². The zero-order valence-corrected chi connectivity index (χ0v) is 12.9. The largest absolute Gasteiger partial charge is 0.399 e. The van der Waals surface area contributed by atoms with Crippen LogP contribution in [0.4, 0.5) is 10.1 Å². The van der Waals surface area contributed by atoms with Crippen molar-refractivity contribution in [3.63, 3.8) is 0 Å². The minimum atomic E-state index is -0.274. The molecule has 0 bridgehead atoms. The highest BCUT2D eigenvalue weighted by Gasteiger charge is 2.12. The maximum atomic E-state index is 13.2. The van der Waals surface area contributed by atoms with E-state index in [2.05, 4.69) is 45.0 Å². The Morgan fingerprint density at radius 3 is 2.25 bits per heavy atom. The van der Waals surface area contributed by atoms with Gasteiger partial charge in [-0.2, -0.15) is 0 Å². The molecule has 0 saturated heterocycles. The Labute approximate surface area is 124 Å². The van der Waals surface area contributed by atoms with Crippen LogP contribution >= 0.6 is 11.8 Å². The molecular formula is C17H20FNS. The van der Waals surface area contributed by atoms with Gasteiger partial charge in [0.2, 0.25) is 0 Å². The summed E-state index contributed by atoms with van der Waals surface area (Å²) in [6, 6.07) is 13.2. The van der Waals surface area contributed by atoms with Crippen molar-refractivity contribution in [2.45, 2.75) is 36.8 Å². The maximum absolute atomic E-state index is 13.2. The number of nitrogens with two attached hydrogens (primary N) is 1. The monoisotopic (exact) mass is 289 g/mol. The molecule has 2 rings (SSSR count). The molecular weight excluding hydrogens is 269 g/mol. The molecule has 0 aliphatic heterocycles. The topological polar surface area (TPSA) is 26.0 Å². The average molecular weight is 289 g/mol. The van der Waals surface area contributed by atoms with Gasteiger partial charge in [0, 0.05) is 16.3 Å². The molecule has 2 N–H and O–H groups in total. The van der Waals surface area contributed by atoms with E-state index in [4.69, 9.17) is 5.73 Å². The summed E-state index contributed by atoms with van der Waals surface area (Å²) in [6.45, 7) is 6.60. The zero-order valence-electron chi connectivity index (χ0n) is 12.1. The van der Waals surface area contributed by atoms with Crippen molar-refractivity contribution in [1.29, 1.82) is 0 Å². The molecule has 3 heteroatoms. The average Bonchev–Trinajstić information content (AvgIpc) is 2.35. The molecule has 1 nitrogen and oxygen atoms in total. The molecule has 0 aliphatic rings. The Bertz CT molecular complexity index is 565. The molecule has 106 valence electrons. The summed E-state index contributed by atoms with van der Waals surface area (Å²) in [5.74, 6) is 0.445. The van der Waals surface area contributed by atoms with Gasteiger partial charge in [-0.15, -0.1) is 11.8 Å². The molecule has 0 spiro atoms. The Morgan fingerprint density at radius 2 is 1.70 bits per heavy atom. The Morgan fingerprint density at radius 1 is 1.05 bits per heavy atom. The first-order chi connectivity index (χ1) is 9.34. The highest BCUT2D eigenvalue weighted by atomic mass is 32.2. The van der Waals surface area contributed by atoms with Crippen LogP contribution in [-0.4, -0.2) is 0 Å². The van der Waals surface area contributed by atoms with E-state index in [1.54, 1.807) is 11.8 Å². The fourth-order valence-electron chi connectivity index (χ4n) is 1.98. The molecule has 2 aromatic carbocycles. The minimum Gasteiger partial charge on any atom is -0.399 e. The first kappa shape index (κ1) is 14.9. The first-order valence-electron chi connectivity index (χ1n) is 6.63. The van der Waals surface area contributed by atoms with Crippen LogP contribution < -0.4 is 5.73 Å². The SMILES string of the molecule is CC(C)(C)c1ccc(SCc2cc(N)cc(F)c2)cc1. The van der Waals surface area contributed by atoms with Gasteiger partial charge < -0.3 is 5.73 Å². The molecule has 0 atom stereocenters. The summed E-state index contributed by atoms with van der Waals surface area (Å²) < 4.78 is 13.2. The van der Waals surface area contributed by atoms with Crippen molar-refractivity contribution >= 4 is 17.4 Å². The lowest BCUT2D eigenvalue weighted by atomic mass is 9.87. The summed E-state index contributed by atoms with van der Waals surface area (Å²) in [4.78, 5) is 1.18. The van der Waals surface area contributed by atoms with Crippen LogP contribution in [-0.2, 0) is 11.2 Å². The van der Waals surface area contributed by atoms with Crippen molar-refractivity contribution in [2.75, 3.05) is 5.73 Å². The van der Waals surface area contributed by atoms with Gasteiger partial charge in [-0.25, -0.2) is 4.39 Å². The van der Waals surface area contributed by atoms with Gasteiger partial charge in [-0.05, 0) is 46.9 Å². The number of hydrogen-bond acceptors (Lipinski definition) is 2. The van der Waals surface area contributed by atoms with E-state index in [1.165, 1.54) is 22.6 Å². The van der Waals surface area contributed by atoms with E-state index >= 15 is 0 Å². The number of halogens is 1. The molecule has 0 fully saturated rings. The van der Waals surface area contributed by atoms with E-state index < -0.39 is 0 Å². The van der Waals surface area contributed by atoms with Crippen LogP contribution in [0.5, 0.6) is 0 Å². The van der Waals surface area contributed by atoms with Crippen molar-refractivity contribution < 1.29 is 4.39 Å². The van der Waals surface area contributed by atoms with Gasteiger partial charge >= 0.3 is 0 Å². The second-order valence-corrected chi connectivity index (χ2v) is 7.00. The van der Waals surface area contributed by atoms with Gasteiger partial charge in [0.1, 0.15) is 5.82 Å². The Balaban J connectivity index is 2.04. The summed E-state index contributed by atoms with van der Waals surface area (Å²) in [5.41, 5.74) is 8.52. The number of anilines is 1. The molecule has 20 heavy (non-hydrogen) atoms. The van der Waals surface area contributed by atoms with Gasteiger partial charge in [0.05, 0.1) is 0 Å². The molecule has 0 saturated carbocycles. The van der Waals surface area contributed by atoms with Gasteiger partial charge in [0.25, 0.3) is 0 Å². The summed E-state index contributed by atoms with van der Waals surface area (Å²) in [7, 11) is 0. The smallest absolute Gasteiger partial charge is 0.125 e. The van der Waals surface area contributed by atoms with E-state index in [0.29, 0.717) is 5.69 Å². The number of benzene rings is 2. The Hall–Kier alpha value is -1.48. The minimum absolute atomic E-state index is 0.167. The van der Waals surface area contributed by atoms with Gasteiger partial charge in [0.15, 0.2) is 0 Å². The molecule has 2 aromatic rings. The quantitative estimate of drug-likeness (QED) is 0.636. The number of hydrogen-bond donors (Lipinski definition) is 1. The van der Waals surface area contributed by atoms with E-state index in [0.717, 1.165) is 11.3 Å². The first-order valence-corrected chi connectivity index (χ1v) is 7.61. The van der Waals surface area contributed by atoms with Crippen molar-refractivity contribution in [3.8, 4) is 0 Å². The molecule has 0 aliphatic carbocycles. The second kappa shape index (κ2) is 5.88. The summed E-state index contributed by atoms with van der Waals surface area (Å²) in [6.07, 6.45) is 0. The molecule has 0 unspecified atom stereocenters. The van der Waals surface area contributed by atoms with Crippen LogP contribution in [0, 0.1) is 5.82 Å². The normalized spacial score (nSPS) is 11.6. The predicted molar refractivity (Wildman–Crippen MR) is 85.5 cm³/mol. The van der Waals surface area contributed by atoms with Crippen LogP contribution in [0.15, 0.2) is 47.4 Å². The zero-order chi connectivity index (χ0) is 14.8. The van der Waals surface area contributed by atoms with E-state index in [1.807, 2.05) is 6.07 Å². The molecule has 0 aromatic heterocycles. The Kier molecular flexibility index (Phi) is 4.39. The molecule has 0 amide bonds. The number of nitrogen functional groups attached to an aromatic ring is 1. The highest BCUT2D eigenvalue weighted by molar-refractivity contribution is 7.98. The molecule has 0 radical (unpaired) electrons. The van der Waals surface area contributed by atoms with Gasteiger partial charge in [-0.3, -0.25) is 0 Å². The summed E-state index contributed by atoms with van der Waals surface area (Å²) in [5, 5.41) is 0. The maximum Gasteiger partial charge on any atom is 0.125 e. The van der Waals surface area contributed by atoms with Crippen LogP contribution in [0.3, 0.4) is 0 Å². The fraction of sp³-hybridized carbons (Fsp3) is 0.294. The van der Waals surface area contributed by atoms with Crippen molar-refractivity contribution in [2.24, 2.45) is 0 Å². The van der Waals surface area contributed by atoms with E-state index in [9.17, 15) is 4.39 Å². The highest BCUT2D eigenvalue weighted by Crippen LogP contribution is 2.28. The lowest BCUT2D eigenvalue weighted by molar-refractivity contribution is 0.590. The third kappa shape index (κ3) is 4.01. The van der Waals surface area contributed by atoms with Crippen LogP contribution in [0.2, 0.25) is 0 Å². The second-order valence-electron chi connectivity index (χ2n) is 5.96. The number of rotatable bonds is 3. The van der Waals surface area contributed by atoms with Gasteiger partial charge in [-0.1, -0.05) is 32.9 Å². The lowest BCUT2D eigenvalue weighted by Crippen LogP contribution is -2.10. The lowest BCUT2D eigenvalue weighted by Gasteiger charge is -2.19. The molecule has 0 heterocycles. The third-order valence-corrected chi connectivity index (χ3v) is 4.19. The fourth-order valence-corrected chi connectivity index (χ4v) is 2.81. The number of thioether (sulfide) groups is 1. The van der Waals surface area contributed by atoms with Crippen LogP contribution in [0.25, 0.3) is 0 Å². The third-order valence-electron chi connectivity index (χ3n) is 3.11. The van der Waals surface area contributed by atoms with E-state index in [-0.39, 0.29) is 11.2 Å². The summed E-state index contributed by atoms with van der Waals surface area (Å²) >= 11 is 1.69. The van der Waals surface area contributed by atoms with Crippen LogP contribution in [0.1, 0.15) is 31.9 Å².